The van der Waals surface area contributed by atoms with E-state index in [-0.39, 0.29) is 62.4 Å². The summed E-state index contributed by atoms with van der Waals surface area (Å²) in [6.45, 7) is 2.72. The Labute approximate surface area is 241 Å². The van der Waals surface area contributed by atoms with Gasteiger partial charge in [0.25, 0.3) is 5.91 Å². The monoisotopic (exact) mass is 593 g/mol. The van der Waals surface area contributed by atoms with Crippen molar-refractivity contribution >= 4 is 51.7 Å². The fraction of sp³-hybridized carbons (Fsp3) is 0.172. The number of carboxylic acids is 1. The van der Waals surface area contributed by atoms with E-state index in [1.54, 1.807) is 13.0 Å². The van der Waals surface area contributed by atoms with Crippen LogP contribution in [-0.2, 0) is 15.8 Å². The molecule has 3 N–H and O–H groups in total. The average Bonchev–Trinajstić information content (AvgIpc) is 3.38. The van der Waals surface area contributed by atoms with Crippen LogP contribution in [0.1, 0.15) is 52.2 Å². The van der Waals surface area contributed by atoms with Gasteiger partial charge in [0.2, 0.25) is 11.8 Å². The van der Waals surface area contributed by atoms with E-state index in [1.807, 2.05) is 0 Å². The number of nitrogens with one attached hydrogen (secondary N) is 2. The molecule has 1 aromatic heterocycles. The maximum absolute atomic E-state index is 14.3. The Morgan fingerprint density at radius 2 is 1.77 bits per heavy atom. The number of anilines is 3. The predicted octanol–water partition coefficient (Wildman–Crippen LogP) is 5.67. The van der Waals surface area contributed by atoms with E-state index in [9.17, 15) is 37.5 Å². The zero-order chi connectivity index (χ0) is 31.6. The van der Waals surface area contributed by atoms with Crippen LogP contribution in [0.25, 0.3) is 22.1 Å². The summed E-state index contributed by atoms with van der Waals surface area (Å²) in [7, 11) is 1.37. The maximum Gasteiger partial charge on any atom is 0.417 e. The van der Waals surface area contributed by atoms with Crippen molar-refractivity contribution in [2.75, 3.05) is 22.6 Å². The van der Waals surface area contributed by atoms with Crippen LogP contribution in [0.4, 0.5) is 30.2 Å². The zero-order valence-electron chi connectivity index (χ0n) is 22.8. The Kier molecular flexibility index (Phi) is 8.20. The first-order chi connectivity index (χ1) is 20.2. The topological polar surface area (TPSA) is 166 Å². The number of nitrogens with zero attached hydrogens (tertiary/aromatic N) is 3. The number of carboxylic acid groups (broad SMARTS) is 1. The van der Waals surface area contributed by atoms with Crippen LogP contribution in [0.2, 0.25) is 0 Å². The van der Waals surface area contributed by atoms with Gasteiger partial charge in [0.05, 0.1) is 39.5 Å². The third kappa shape index (κ3) is 6.15. The van der Waals surface area contributed by atoms with E-state index in [2.05, 4.69) is 15.8 Å². The molecule has 0 radical (unpaired) electrons. The summed E-state index contributed by atoms with van der Waals surface area (Å²) in [5.74, 6) is -3.37. The highest BCUT2D eigenvalue weighted by molar-refractivity contribution is 6.14. The smallest absolute Gasteiger partial charge is 0.417 e. The molecule has 0 fully saturated rings. The number of hydrogen-bond donors (Lipinski definition) is 3. The lowest BCUT2D eigenvalue weighted by molar-refractivity contribution is -0.137. The Bertz CT molecular complexity index is 1840. The van der Waals surface area contributed by atoms with E-state index in [0.29, 0.717) is 0 Å². The number of nitriles is 1. The van der Waals surface area contributed by atoms with Gasteiger partial charge in [-0.3, -0.25) is 14.4 Å². The predicted molar refractivity (Wildman–Crippen MR) is 149 cm³/mol. The van der Waals surface area contributed by atoms with Crippen molar-refractivity contribution in [1.29, 1.82) is 5.26 Å². The second-order valence-corrected chi connectivity index (χ2v) is 9.27. The van der Waals surface area contributed by atoms with Gasteiger partial charge < -0.3 is 25.2 Å². The van der Waals surface area contributed by atoms with Gasteiger partial charge in [0, 0.05) is 37.7 Å². The van der Waals surface area contributed by atoms with Crippen molar-refractivity contribution in [3.63, 3.8) is 0 Å². The number of benzene rings is 3. The van der Waals surface area contributed by atoms with Crippen molar-refractivity contribution < 1.29 is 42.0 Å². The minimum atomic E-state index is -4.89. The van der Waals surface area contributed by atoms with Gasteiger partial charge in [0.1, 0.15) is 0 Å². The molecule has 0 aliphatic carbocycles. The molecule has 220 valence electrons. The second-order valence-electron chi connectivity index (χ2n) is 9.27. The molecule has 0 unspecified atom stereocenters. The summed E-state index contributed by atoms with van der Waals surface area (Å²) in [6.07, 6.45) is -4.86. The third-order valence-corrected chi connectivity index (χ3v) is 6.40. The first-order valence-electron chi connectivity index (χ1n) is 12.5. The Morgan fingerprint density at radius 3 is 2.37 bits per heavy atom. The van der Waals surface area contributed by atoms with Crippen LogP contribution < -0.4 is 15.5 Å². The summed E-state index contributed by atoms with van der Waals surface area (Å²) in [4.78, 5) is 50.2. The van der Waals surface area contributed by atoms with Gasteiger partial charge in [-0.15, -0.1) is 0 Å². The lowest BCUT2D eigenvalue weighted by Gasteiger charge is -2.23. The molecule has 1 heterocycles. The minimum Gasteiger partial charge on any atom is -0.478 e. The van der Waals surface area contributed by atoms with Gasteiger partial charge in [-0.1, -0.05) is 18.1 Å². The number of hydrogen-bond acceptors (Lipinski definition) is 7. The molecule has 0 saturated carbocycles. The summed E-state index contributed by atoms with van der Waals surface area (Å²) >= 11 is 0. The largest absolute Gasteiger partial charge is 0.478 e. The molecule has 4 rings (SSSR count). The van der Waals surface area contributed by atoms with Crippen molar-refractivity contribution in [3.05, 3.63) is 70.9 Å². The molecule has 0 aliphatic rings. The fourth-order valence-electron chi connectivity index (χ4n) is 4.38. The Morgan fingerprint density at radius 1 is 1.05 bits per heavy atom. The van der Waals surface area contributed by atoms with Crippen molar-refractivity contribution in [1.82, 2.24) is 5.16 Å². The molecule has 0 bridgehead atoms. The molecule has 0 spiro atoms. The van der Waals surface area contributed by atoms with Gasteiger partial charge in [0.15, 0.2) is 11.3 Å². The van der Waals surface area contributed by atoms with Crippen LogP contribution in [0.3, 0.4) is 0 Å². The molecule has 3 aromatic carbocycles. The molecule has 0 aliphatic heterocycles. The molecule has 14 heteroatoms. The third-order valence-electron chi connectivity index (χ3n) is 6.40. The van der Waals surface area contributed by atoms with E-state index in [4.69, 9.17) is 9.78 Å². The van der Waals surface area contributed by atoms with E-state index >= 15 is 0 Å². The number of halogens is 3. The maximum atomic E-state index is 14.3. The lowest BCUT2D eigenvalue weighted by Crippen LogP contribution is -2.26. The van der Waals surface area contributed by atoms with E-state index in [0.717, 1.165) is 30.0 Å². The molecule has 43 heavy (non-hydrogen) atoms. The van der Waals surface area contributed by atoms with Crippen molar-refractivity contribution in [2.45, 2.75) is 26.4 Å². The SMILES string of the molecule is CCC(=O)N(C)c1cc2onc(C(=O)Nc3ccc(C#N)cc3C(=O)O)c2cc1-c1ccc(NC(C)=O)cc1C(F)(F)F. The van der Waals surface area contributed by atoms with Crippen LogP contribution >= 0.6 is 0 Å². The lowest BCUT2D eigenvalue weighted by atomic mass is 9.94. The van der Waals surface area contributed by atoms with Crippen LogP contribution in [0, 0.1) is 11.3 Å². The van der Waals surface area contributed by atoms with Gasteiger partial charge >= 0.3 is 12.1 Å². The van der Waals surface area contributed by atoms with Crippen molar-refractivity contribution in [3.8, 4) is 17.2 Å². The van der Waals surface area contributed by atoms with Crippen LogP contribution in [0.15, 0.2) is 53.1 Å². The van der Waals surface area contributed by atoms with Gasteiger partial charge in [-0.25, -0.2) is 4.79 Å². The van der Waals surface area contributed by atoms with E-state index in [1.165, 1.54) is 37.4 Å². The number of alkyl halides is 3. The Balaban J connectivity index is 1.92. The molecule has 4 aromatic rings. The summed E-state index contributed by atoms with van der Waals surface area (Å²) < 4.78 is 48.2. The number of carbonyl (C=O) groups excluding carboxylic acids is 3. The number of aromatic carboxylic acids is 1. The second kappa shape index (κ2) is 11.6. The Hall–Kier alpha value is -5.71. The van der Waals surface area contributed by atoms with Gasteiger partial charge in [-0.2, -0.15) is 18.4 Å². The fourth-order valence-corrected chi connectivity index (χ4v) is 4.38. The van der Waals surface area contributed by atoms with Crippen LogP contribution in [0.5, 0.6) is 0 Å². The molecule has 0 saturated heterocycles. The highest BCUT2D eigenvalue weighted by Crippen LogP contribution is 2.43. The number of aromatic nitrogens is 1. The van der Waals surface area contributed by atoms with Crippen LogP contribution in [-0.4, -0.2) is 41.0 Å². The van der Waals surface area contributed by atoms with E-state index < -0.39 is 35.4 Å². The first kappa shape index (κ1) is 30.3. The number of amides is 3. The standard InChI is InChI=1S/C29H22F3N5O6/c1-4-25(39)37(3)23-12-24-20(11-18(23)17-7-6-16(34-14(2)38)10-21(17)29(30,31)32)26(36-43-24)27(40)35-22-8-5-15(13-33)9-19(22)28(41)42/h5-12H,4H2,1-3H3,(H,34,38)(H,35,40)(H,41,42). The molecular weight excluding hydrogens is 571 g/mol. The zero-order valence-corrected chi connectivity index (χ0v) is 22.8. The number of rotatable bonds is 7. The van der Waals surface area contributed by atoms with Gasteiger partial charge in [-0.05, 0) is 42.0 Å². The number of fused-ring (bicyclic) bond motifs is 1. The number of carbonyl (C=O) groups is 4. The van der Waals surface area contributed by atoms with Crippen molar-refractivity contribution in [2.24, 2.45) is 0 Å². The molecule has 3 amide bonds. The highest BCUT2D eigenvalue weighted by atomic mass is 19.4. The minimum absolute atomic E-state index is 0.0282. The first-order valence-corrected chi connectivity index (χ1v) is 12.5. The normalized spacial score (nSPS) is 11.1. The molecule has 11 nitrogen and oxygen atoms in total. The summed E-state index contributed by atoms with van der Waals surface area (Å²) in [6, 6.07) is 11.0. The summed E-state index contributed by atoms with van der Waals surface area (Å²) in [5, 5.41) is 27.0. The summed E-state index contributed by atoms with van der Waals surface area (Å²) in [5.41, 5.74) is -2.58. The highest BCUT2D eigenvalue weighted by Gasteiger charge is 2.35. The quantitative estimate of drug-likeness (QED) is 0.247. The molecular formula is C29H22F3N5O6. The average molecular weight is 594 g/mol. The molecule has 0 atom stereocenters.